The van der Waals surface area contributed by atoms with Gasteiger partial charge in [0.1, 0.15) is 5.76 Å². The second-order valence-electron chi connectivity index (χ2n) is 6.26. The third-order valence-electron chi connectivity index (χ3n) is 4.49. The third kappa shape index (κ3) is 5.26. The molecule has 6 heteroatoms. The normalized spacial score (nSPS) is 15.3. The van der Waals surface area contributed by atoms with Crippen LogP contribution >= 0.6 is 0 Å². The summed E-state index contributed by atoms with van der Waals surface area (Å²) in [7, 11) is 1.71. The number of guanidine groups is 1. The smallest absolute Gasteiger partial charge is 0.194 e. The van der Waals surface area contributed by atoms with E-state index >= 15 is 0 Å². The molecule has 2 heterocycles. The zero-order valence-corrected chi connectivity index (χ0v) is 15.4. The minimum atomic E-state index is 0.632. The van der Waals surface area contributed by atoms with E-state index in [1.165, 1.54) is 5.69 Å². The number of anilines is 1. The minimum absolute atomic E-state index is 0.632. The van der Waals surface area contributed by atoms with Crippen molar-refractivity contribution in [3.8, 4) is 0 Å². The molecule has 1 fully saturated rings. The van der Waals surface area contributed by atoms with Crippen LogP contribution in [0.15, 0.2) is 58.1 Å². The van der Waals surface area contributed by atoms with E-state index in [1.54, 1.807) is 13.4 Å². The lowest BCUT2D eigenvalue weighted by Gasteiger charge is -2.37. The van der Waals surface area contributed by atoms with Gasteiger partial charge >= 0.3 is 0 Å². The van der Waals surface area contributed by atoms with Gasteiger partial charge in [-0.3, -0.25) is 4.99 Å². The summed E-state index contributed by atoms with van der Waals surface area (Å²) in [6.07, 6.45) is 2.56. The molecule has 0 saturated carbocycles. The number of para-hydroxylation sites is 1. The Balaban J connectivity index is 1.53. The molecule has 1 aliphatic rings. The minimum Gasteiger partial charge on any atom is -0.469 e. The van der Waals surface area contributed by atoms with Gasteiger partial charge in [0.2, 0.25) is 0 Å². The molecule has 1 aromatic heterocycles. The Bertz CT molecular complexity index is 650. The Hall–Kier alpha value is -2.47. The molecule has 0 spiro atoms. The first-order chi connectivity index (χ1) is 12.9. The summed E-state index contributed by atoms with van der Waals surface area (Å²) in [5.41, 5.74) is 1.29. The summed E-state index contributed by atoms with van der Waals surface area (Å²) in [6, 6.07) is 14.5. The van der Waals surface area contributed by atoms with Crippen molar-refractivity contribution < 1.29 is 9.15 Å². The molecule has 26 heavy (non-hydrogen) atoms. The van der Waals surface area contributed by atoms with Crippen LogP contribution in [0, 0.1) is 0 Å². The van der Waals surface area contributed by atoms with E-state index in [0.717, 1.165) is 50.9 Å². The fourth-order valence-electron chi connectivity index (χ4n) is 3.08. The van der Waals surface area contributed by atoms with Crippen molar-refractivity contribution in [3.05, 3.63) is 54.5 Å². The molecule has 1 N–H and O–H groups in total. The van der Waals surface area contributed by atoms with E-state index in [2.05, 4.69) is 45.4 Å². The number of aliphatic imine (C=N–C) groups is 1. The second-order valence-corrected chi connectivity index (χ2v) is 6.26. The first-order valence-corrected chi connectivity index (χ1v) is 9.21. The Morgan fingerprint density at radius 1 is 1.12 bits per heavy atom. The first-order valence-electron chi connectivity index (χ1n) is 9.21. The molecule has 2 aromatic rings. The van der Waals surface area contributed by atoms with Crippen LogP contribution in [-0.2, 0) is 11.2 Å². The van der Waals surface area contributed by atoms with E-state index in [1.807, 2.05) is 12.1 Å². The average Bonchev–Trinajstić information content (AvgIpc) is 3.21. The number of furan rings is 1. The molecular formula is C20H28N4O2. The van der Waals surface area contributed by atoms with Gasteiger partial charge in [-0.2, -0.15) is 0 Å². The van der Waals surface area contributed by atoms with Crippen LogP contribution in [0.5, 0.6) is 0 Å². The van der Waals surface area contributed by atoms with Gasteiger partial charge in [0.25, 0.3) is 0 Å². The second kappa shape index (κ2) is 9.87. The Morgan fingerprint density at radius 2 is 1.92 bits per heavy atom. The predicted molar refractivity (Wildman–Crippen MR) is 105 cm³/mol. The Kier molecular flexibility index (Phi) is 6.96. The van der Waals surface area contributed by atoms with E-state index in [0.29, 0.717) is 13.2 Å². The molecule has 6 nitrogen and oxygen atoms in total. The molecule has 140 valence electrons. The van der Waals surface area contributed by atoms with Crippen molar-refractivity contribution >= 4 is 11.6 Å². The van der Waals surface area contributed by atoms with Gasteiger partial charge in [-0.15, -0.1) is 0 Å². The molecule has 1 saturated heterocycles. The number of rotatable bonds is 7. The first kappa shape index (κ1) is 18.3. The van der Waals surface area contributed by atoms with Gasteiger partial charge in [-0.05, 0) is 24.3 Å². The number of nitrogens with one attached hydrogen (secondary N) is 1. The molecule has 0 unspecified atom stereocenters. The summed E-state index contributed by atoms with van der Waals surface area (Å²) in [4.78, 5) is 9.46. The molecule has 0 radical (unpaired) electrons. The molecule has 0 aliphatic carbocycles. The van der Waals surface area contributed by atoms with E-state index in [4.69, 9.17) is 14.1 Å². The van der Waals surface area contributed by atoms with Crippen LogP contribution in [0.4, 0.5) is 5.69 Å². The van der Waals surface area contributed by atoms with Crippen LogP contribution in [0.3, 0.4) is 0 Å². The van der Waals surface area contributed by atoms with Gasteiger partial charge in [-0.1, -0.05) is 18.2 Å². The standard InChI is InChI=1S/C20H28N4O2/c1-25-17-11-22-20(21-10-9-19-8-5-16-26-19)24-14-12-23(13-15-24)18-6-3-2-4-7-18/h2-8,16H,9-15,17H2,1H3,(H,21,22). The molecule has 3 rings (SSSR count). The van der Waals surface area contributed by atoms with Gasteiger partial charge in [-0.25, -0.2) is 0 Å². The van der Waals surface area contributed by atoms with Crippen molar-refractivity contribution in [1.29, 1.82) is 0 Å². The summed E-state index contributed by atoms with van der Waals surface area (Å²) in [5.74, 6) is 1.95. The zero-order valence-electron chi connectivity index (χ0n) is 15.4. The summed E-state index contributed by atoms with van der Waals surface area (Å²) in [6.45, 7) is 5.99. The van der Waals surface area contributed by atoms with E-state index in [-0.39, 0.29) is 0 Å². The lowest BCUT2D eigenvalue weighted by Crippen LogP contribution is -2.53. The van der Waals surface area contributed by atoms with Gasteiger partial charge in [0, 0.05) is 51.9 Å². The van der Waals surface area contributed by atoms with E-state index in [9.17, 15) is 0 Å². The number of piperazine rings is 1. The van der Waals surface area contributed by atoms with Crippen LogP contribution < -0.4 is 10.2 Å². The maximum atomic E-state index is 5.40. The highest BCUT2D eigenvalue weighted by atomic mass is 16.5. The monoisotopic (exact) mass is 356 g/mol. The van der Waals surface area contributed by atoms with Gasteiger partial charge in [0.15, 0.2) is 5.96 Å². The number of hydrogen-bond acceptors (Lipinski definition) is 4. The highest BCUT2D eigenvalue weighted by Crippen LogP contribution is 2.15. The van der Waals surface area contributed by atoms with Crippen molar-refractivity contribution in [2.45, 2.75) is 6.42 Å². The van der Waals surface area contributed by atoms with Crippen LogP contribution in [0.1, 0.15) is 5.76 Å². The maximum absolute atomic E-state index is 5.40. The lowest BCUT2D eigenvalue weighted by atomic mass is 10.2. The van der Waals surface area contributed by atoms with Crippen molar-refractivity contribution in [2.75, 3.05) is 57.9 Å². The largest absolute Gasteiger partial charge is 0.469 e. The Morgan fingerprint density at radius 3 is 2.62 bits per heavy atom. The summed E-state index contributed by atoms with van der Waals surface area (Å²) >= 11 is 0. The number of hydrogen-bond donors (Lipinski definition) is 1. The van der Waals surface area contributed by atoms with Crippen molar-refractivity contribution in [3.63, 3.8) is 0 Å². The van der Waals surface area contributed by atoms with Crippen LogP contribution in [0.2, 0.25) is 0 Å². The average molecular weight is 356 g/mol. The topological polar surface area (TPSA) is 53.2 Å². The van der Waals surface area contributed by atoms with Crippen LogP contribution in [-0.4, -0.2) is 63.8 Å². The van der Waals surface area contributed by atoms with Crippen molar-refractivity contribution in [2.24, 2.45) is 4.99 Å². The highest BCUT2D eigenvalue weighted by Gasteiger charge is 2.19. The number of benzene rings is 1. The fraction of sp³-hybridized carbons (Fsp3) is 0.450. The SMILES string of the molecule is COCCN=C(NCCc1ccco1)N1CCN(c2ccccc2)CC1. The number of nitrogens with zero attached hydrogens (tertiary/aromatic N) is 3. The Labute approximate surface area is 155 Å². The highest BCUT2D eigenvalue weighted by molar-refractivity contribution is 5.80. The fourth-order valence-corrected chi connectivity index (χ4v) is 3.08. The molecule has 1 aliphatic heterocycles. The summed E-state index contributed by atoms with van der Waals surface area (Å²) in [5, 5.41) is 3.48. The predicted octanol–water partition coefficient (Wildman–Crippen LogP) is 2.24. The molecule has 1 aromatic carbocycles. The van der Waals surface area contributed by atoms with Gasteiger partial charge < -0.3 is 24.3 Å². The number of ether oxygens (including phenoxy) is 1. The van der Waals surface area contributed by atoms with Gasteiger partial charge in [0.05, 0.1) is 19.4 Å². The maximum Gasteiger partial charge on any atom is 0.194 e. The van der Waals surface area contributed by atoms with Crippen molar-refractivity contribution in [1.82, 2.24) is 10.2 Å². The summed E-state index contributed by atoms with van der Waals surface area (Å²) < 4.78 is 10.5. The third-order valence-corrected chi connectivity index (χ3v) is 4.49. The molecular weight excluding hydrogens is 328 g/mol. The quantitative estimate of drug-likeness (QED) is 0.468. The van der Waals surface area contributed by atoms with E-state index < -0.39 is 0 Å². The molecule has 0 amide bonds. The number of methoxy groups -OCH3 is 1. The lowest BCUT2D eigenvalue weighted by molar-refractivity contribution is 0.207. The zero-order chi connectivity index (χ0) is 18.0. The molecule has 0 bridgehead atoms. The molecule has 0 atom stereocenters. The van der Waals surface area contributed by atoms with Crippen LogP contribution in [0.25, 0.3) is 0 Å².